The van der Waals surface area contributed by atoms with Crippen molar-refractivity contribution in [1.82, 2.24) is 10.3 Å². The Hall–Kier alpha value is -1.41. The Balaban J connectivity index is 1.93. The maximum atomic E-state index is 4.34. The number of piperidine rings is 1. The third-order valence-electron chi connectivity index (χ3n) is 4.25. The molecule has 0 unspecified atom stereocenters. The standard InChI is InChI=1S/C16H20N2/c1-2-12-8-14(10-18-9-12)15-5-3-4-13-6-7-17-11-16(13)15/h2,5,8-10,13,16-17H,1,3-4,6-7,11H2/t13-,16+/m0/s1. The minimum atomic E-state index is 0.675. The summed E-state index contributed by atoms with van der Waals surface area (Å²) in [5.74, 6) is 1.54. The normalized spacial score (nSPS) is 27.2. The van der Waals surface area contributed by atoms with Crippen LogP contribution in [0.1, 0.15) is 30.4 Å². The summed E-state index contributed by atoms with van der Waals surface area (Å²) in [6.45, 7) is 6.13. The van der Waals surface area contributed by atoms with Gasteiger partial charge in [0.25, 0.3) is 0 Å². The summed E-state index contributed by atoms with van der Waals surface area (Å²) in [6.07, 6.45) is 12.0. The number of hydrogen-bond acceptors (Lipinski definition) is 2. The first-order valence-corrected chi connectivity index (χ1v) is 6.87. The summed E-state index contributed by atoms with van der Waals surface area (Å²) in [5.41, 5.74) is 3.89. The van der Waals surface area contributed by atoms with Crippen molar-refractivity contribution in [3.8, 4) is 0 Å². The highest BCUT2D eigenvalue weighted by molar-refractivity contribution is 5.70. The van der Waals surface area contributed by atoms with Gasteiger partial charge in [-0.2, -0.15) is 0 Å². The Morgan fingerprint density at radius 2 is 2.28 bits per heavy atom. The van der Waals surface area contributed by atoms with Gasteiger partial charge in [0.2, 0.25) is 0 Å². The molecular weight excluding hydrogens is 220 g/mol. The highest BCUT2D eigenvalue weighted by Crippen LogP contribution is 2.39. The van der Waals surface area contributed by atoms with Crippen molar-refractivity contribution in [2.45, 2.75) is 19.3 Å². The molecule has 2 aliphatic rings. The monoisotopic (exact) mass is 240 g/mol. The summed E-state index contributed by atoms with van der Waals surface area (Å²) < 4.78 is 0. The van der Waals surface area contributed by atoms with E-state index >= 15 is 0 Å². The maximum absolute atomic E-state index is 4.34. The Bertz CT molecular complexity index is 476. The third kappa shape index (κ3) is 2.13. The Morgan fingerprint density at radius 1 is 1.33 bits per heavy atom. The number of allylic oxidation sites excluding steroid dienone is 1. The summed E-state index contributed by atoms with van der Waals surface area (Å²) in [7, 11) is 0. The second-order valence-corrected chi connectivity index (χ2v) is 5.31. The van der Waals surface area contributed by atoms with Gasteiger partial charge in [-0.3, -0.25) is 4.98 Å². The number of aromatic nitrogens is 1. The van der Waals surface area contributed by atoms with Gasteiger partial charge in [-0.25, -0.2) is 0 Å². The van der Waals surface area contributed by atoms with Gasteiger partial charge in [-0.1, -0.05) is 18.7 Å². The fraction of sp³-hybridized carbons (Fsp3) is 0.438. The smallest absolute Gasteiger partial charge is 0.0343 e. The Kier molecular flexibility index (Phi) is 3.28. The predicted octanol–water partition coefficient (Wildman–Crippen LogP) is 3.13. The number of rotatable bonds is 2. The maximum Gasteiger partial charge on any atom is 0.0343 e. The lowest BCUT2D eigenvalue weighted by Gasteiger charge is -2.37. The second-order valence-electron chi connectivity index (χ2n) is 5.31. The molecular formula is C16H20N2. The van der Waals surface area contributed by atoms with E-state index in [1.54, 1.807) is 0 Å². The van der Waals surface area contributed by atoms with Gasteiger partial charge in [-0.05, 0) is 60.4 Å². The van der Waals surface area contributed by atoms with E-state index < -0.39 is 0 Å². The SMILES string of the molecule is C=Cc1cncc(C2=CCC[C@H]3CCNC[C@@H]23)c1. The first-order valence-electron chi connectivity index (χ1n) is 6.87. The summed E-state index contributed by atoms with van der Waals surface area (Å²) in [4.78, 5) is 4.34. The molecule has 1 aliphatic heterocycles. The van der Waals surface area contributed by atoms with Gasteiger partial charge in [-0.15, -0.1) is 0 Å². The number of fused-ring (bicyclic) bond motifs is 1. The van der Waals surface area contributed by atoms with Crippen LogP contribution in [0.3, 0.4) is 0 Å². The summed E-state index contributed by atoms with van der Waals surface area (Å²) in [6, 6.07) is 2.21. The first-order chi connectivity index (χ1) is 8.88. The fourth-order valence-electron chi connectivity index (χ4n) is 3.29. The van der Waals surface area contributed by atoms with Crippen LogP contribution in [-0.2, 0) is 0 Å². The molecule has 18 heavy (non-hydrogen) atoms. The zero-order valence-corrected chi connectivity index (χ0v) is 10.7. The topological polar surface area (TPSA) is 24.9 Å². The minimum Gasteiger partial charge on any atom is -0.316 e. The van der Waals surface area contributed by atoms with Gasteiger partial charge >= 0.3 is 0 Å². The van der Waals surface area contributed by atoms with E-state index in [0.717, 1.165) is 18.0 Å². The zero-order valence-electron chi connectivity index (χ0n) is 10.7. The second kappa shape index (κ2) is 5.07. The Morgan fingerprint density at radius 3 is 3.17 bits per heavy atom. The molecule has 2 heteroatoms. The molecule has 0 amide bonds. The lowest BCUT2D eigenvalue weighted by Crippen LogP contribution is -2.38. The molecule has 3 rings (SSSR count). The van der Waals surface area contributed by atoms with E-state index in [1.807, 2.05) is 18.5 Å². The molecule has 1 aromatic rings. The van der Waals surface area contributed by atoms with Crippen molar-refractivity contribution in [3.05, 3.63) is 42.2 Å². The van der Waals surface area contributed by atoms with Crippen molar-refractivity contribution in [1.29, 1.82) is 0 Å². The number of hydrogen-bond donors (Lipinski definition) is 1. The molecule has 0 aromatic carbocycles. The van der Waals surface area contributed by atoms with Crippen LogP contribution in [0.15, 0.2) is 31.1 Å². The van der Waals surface area contributed by atoms with E-state index in [2.05, 4.69) is 29.0 Å². The fourth-order valence-corrected chi connectivity index (χ4v) is 3.29. The van der Waals surface area contributed by atoms with E-state index in [4.69, 9.17) is 0 Å². The summed E-state index contributed by atoms with van der Waals surface area (Å²) >= 11 is 0. The lowest BCUT2D eigenvalue weighted by molar-refractivity contribution is 0.285. The molecule has 1 aliphatic carbocycles. The highest BCUT2D eigenvalue weighted by atomic mass is 14.9. The van der Waals surface area contributed by atoms with Gasteiger partial charge in [0, 0.05) is 18.9 Å². The van der Waals surface area contributed by atoms with Crippen LogP contribution in [0.2, 0.25) is 0 Å². The van der Waals surface area contributed by atoms with Crippen molar-refractivity contribution in [2.24, 2.45) is 11.8 Å². The van der Waals surface area contributed by atoms with Gasteiger partial charge in [0.15, 0.2) is 0 Å². The van der Waals surface area contributed by atoms with Crippen molar-refractivity contribution < 1.29 is 0 Å². The molecule has 1 fully saturated rings. The molecule has 2 nitrogen and oxygen atoms in total. The minimum absolute atomic E-state index is 0.675. The van der Waals surface area contributed by atoms with Crippen LogP contribution in [0.5, 0.6) is 0 Å². The van der Waals surface area contributed by atoms with Gasteiger partial charge < -0.3 is 5.32 Å². The molecule has 1 saturated heterocycles. The highest BCUT2D eigenvalue weighted by Gasteiger charge is 2.30. The van der Waals surface area contributed by atoms with Crippen LogP contribution in [0, 0.1) is 11.8 Å². The number of nitrogens with one attached hydrogen (secondary N) is 1. The lowest BCUT2D eigenvalue weighted by atomic mass is 9.73. The van der Waals surface area contributed by atoms with E-state index in [-0.39, 0.29) is 0 Å². The van der Waals surface area contributed by atoms with Crippen molar-refractivity contribution in [2.75, 3.05) is 13.1 Å². The van der Waals surface area contributed by atoms with E-state index in [0.29, 0.717) is 5.92 Å². The number of pyridine rings is 1. The number of nitrogens with zero attached hydrogens (tertiary/aromatic N) is 1. The molecule has 0 spiro atoms. The van der Waals surface area contributed by atoms with Crippen LogP contribution >= 0.6 is 0 Å². The molecule has 0 bridgehead atoms. The van der Waals surface area contributed by atoms with Crippen LogP contribution in [0.4, 0.5) is 0 Å². The van der Waals surface area contributed by atoms with E-state index in [9.17, 15) is 0 Å². The molecule has 94 valence electrons. The van der Waals surface area contributed by atoms with Crippen molar-refractivity contribution in [3.63, 3.8) is 0 Å². The van der Waals surface area contributed by atoms with Crippen LogP contribution in [0.25, 0.3) is 11.6 Å². The Labute approximate surface area is 109 Å². The summed E-state index contributed by atoms with van der Waals surface area (Å²) in [5, 5.41) is 3.53. The van der Waals surface area contributed by atoms with Crippen LogP contribution < -0.4 is 5.32 Å². The van der Waals surface area contributed by atoms with Crippen molar-refractivity contribution >= 4 is 11.6 Å². The average Bonchev–Trinajstić information content (AvgIpc) is 2.47. The molecule has 0 saturated carbocycles. The van der Waals surface area contributed by atoms with E-state index in [1.165, 1.54) is 36.9 Å². The molecule has 0 radical (unpaired) electrons. The van der Waals surface area contributed by atoms with Gasteiger partial charge in [0.05, 0.1) is 0 Å². The largest absolute Gasteiger partial charge is 0.316 e. The zero-order chi connectivity index (χ0) is 12.4. The predicted molar refractivity (Wildman–Crippen MR) is 76.0 cm³/mol. The molecule has 2 heterocycles. The quantitative estimate of drug-likeness (QED) is 0.859. The third-order valence-corrected chi connectivity index (χ3v) is 4.25. The molecule has 2 atom stereocenters. The molecule has 1 N–H and O–H groups in total. The molecule has 1 aromatic heterocycles. The van der Waals surface area contributed by atoms with Crippen LogP contribution in [-0.4, -0.2) is 18.1 Å². The van der Waals surface area contributed by atoms with Gasteiger partial charge in [0.1, 0.15) is 0 Å². The average molecular weight is 240 g/mol. The first kappa shape index (κ1) is 11.7.